The largest absolute Gasteiger partial charge is 0.495 e. The van der Waals surface area contributed by atoms with Gasteiger partial charge in [-0.1, -0.05) is 6.07 Å². The van der Waals surface area contributed by atoms with Crippen LogP contribution < -0.4 is 15.2 Å². The van der Waals surface area contributed by atoms with Gasteiger partial charge in [0.25, 0.3) is 0 Å². The van der Waals surface area contributed by atoms with Gasteiger partial charge in [0.2, 0.25) is 10.0 Å². The molecule has 0 aliphatic rings. The summed E-state index contributed by atoms with van der Waals surface area (Å²) < 4.78 is 27.3. The molecule has 15 heavy (non-hydrogen) atoms. The first-order valence-corrected chi connectivity index (χ1v) is 5.88. The number of primary sulfonamides is 1. The Morgan fingerprint density at radius 1 is 1.47 bits per heavy atom. The van der Waals surface area contributed by atoms with Crippen molar-refractivity contribution in [1.29, 1.82) is 0 Å². The summed E-state index contributed by atoms with van der Waals surface area (Å²) >= 11 is 0. The molecule has 0 aliphatic carbocycles. The van der Waals surface area contributed by atoms with Crippen molar-refractivity contribution in [1.82, 2.24) is 5.32 Å². The number of benzene rings is 1. The van der Waals surface area contributed by atoms with Gasteiger partial charge in [-0.25, -0.2) is 13.6 Å². The van der Waals surface area contributed by atoms with Crippen LogP contribution in [0.5, 0.6) is 5.75 Å². The standard InChI is InChI=1S/C9H14N2O3S/c1-11-6-7-3-4-9(15(10,12)13)8(5-7)14-2/h3-5,11H,6H2,1-2H3,(H2,10,12,13). The summed E-state index contributed by atoms with van der Waals surface area (Å²) in [4.78, 5) is 0.00449. The maximum atomic E-state index is 11.2. The molecule has 1 aromatic rings. The minimum Gasteiger partial charge on any atom is -0.495 e. The topological polar surface area (TPSA) is 81.4 Å². The fourth-order valence-electron chi connectivity index (χ4n) is 1.26. The van der Waals surface area contributed by atoms with Gasteiger partial charge in [0, 0.05) is 6.54 Å². The van der Waals surface area contributed by atoms with Crippen LogP contribution in [0, 0.1) is 0 Å². The molecule has 0 radical (unpaired) electrons. The lowest BCUT2D eigenvalue weighted by atomic mass is 10.2. The molecular weight excluding hydrogens is 216 g/mol. The molecule has 1 aromatic carbocycles. The van der Waals surface area contributed by atoms with Crippen molar-refractivity contribution in [2.45, 2.75) is 11.4 Å². The first-order valence-electron chi connectivity index (χ1n) is 4.33. The van der Waals surface area contributed by atoms with Gasteiger partial charge in [-0.2, -0.15) is 0 Å². The zero-order valence-corrected chi connectivity index (χ0v) is 9.47. The van der Waals surface area contributed by atoms with E-state index in [0.29, 0.717) is 6.54 Å². The molecule has 3 N–H and O–H groups in total. The summed E-state index contributed by atoms with van der Waals surface area (Å²) in [6, 6.07) is 4.79. The number of hydrogen-bond acceptors (Lipinski definition) is 4. The summed E-state index contributed by atoms with van der Waals surface area (Å²) in [6.07, 6.45) is 0. The average Bonchev–Trinajstić information content (AvgIpc) is 2.16. The molecular formula is C9H14N2O3S. The summed E-state index contributed by atoms with van der Waals surface area (Å²) in [5.41, 5.74) is 0.932. The fourth-order valence-corrected chi connectivity index (χ4v) is 1.94. The van der Waals surface area contributed by atoms with Gasteiger partial charge >= 0.3 is 0 Å². The highest BCUT2D eigenvalue weighted by molar-refractivity contribution is 7.89. The van der Waals surface area contributed by atoms with Crippen molar-refractivity contribution in [2.75, 3.05) is 14.2 Å². The lowest BCUT2D eigenvalue weighted by molar-refractivity contribution is 0.402. The van der Waals surface area contributed by atoms with Gasteiger partial charge < -0.3 is 10.1 Å². The summed E-state index contributed by atoms with van der Waals surface area (Å²) in [5, 5.41) is 7.99. The molecule has 0 heterocycles. The Balaban J connectivity index is 3.21. The van der Waals surface area contributed by atoms with Gasteiger partial charge in [-0.05, 0) is 24.7 Å². The molecule has 0 amide bonds. The zero-order chi connectivity index (χ0) is 11.5. The van der Waals surface area contributed by atoms with Crippen LogP contribution in [-0.4, -0.2) is 22.6 Å². The monoisotopic (exact) mass is 230 g/mol. The second-order valence-corrected chi connectivity index (χ2v) is 4.59. The Hall–Kier alpha value is -1.11. The fraction of sp³-hybridized carbons (Fsp3) is 0.333. The van der Waals surface area contributed by atoms with Crippen molar-refractivity contribution in [3.8, 4) is 5.75 Å². The minimum absolute atomic E-state index is 0.00449. The normalized spacial score (nSPS) is 11.4. The van der Waals surface area contributed by atoms with E-state index in [1.54, 1.807) is 19.2 Å². The lowest BCUT2D eigenvalue weighted by Gasteiger charge is -2.08. The van der Waals surface area contributed by atoms with Gasteiger partial charge in [0.05, 0.1) is 7.11 Å². The molecule has 84 valence electrons. The van der Waals surface area contributed by atoms with E-state index in [-0.39, 0.29) is 10.6 Å². The van der Waals surface area contributed by atoms with E-state index in [2.05, 4.69) is 5.32 Å². The van der Waals surface area contributed by atoms with E-state index >= 15 is 0 Å². The molecule has 0 fully saturated rings. The predicted molar refractivity (Wildman–Crippen MR) is 57.1 cm³/mol. The molecule has 0 saturated heterocycles. The van der Waals surface area contributed by atoms with E-state index in [9.17, 15) is 8.42 Å². The van der Waals surface area contributed by atoms with Gasteiger partial charge in [0.15, 0.2) is 0 Å². The van der Waals surface area contributed by atoms with E-state index in [0.717, 1.165) is 5.56 Å². The third-order valence-electron chi connectivity index (χ3n) is 1.92. The second kappa shape index (κ2) is 4.61. The number of methoxy groups -OCH3 is 1. The van der Waals surface area contributed by atoms with Crippen LogP contribution in [0.25, 0.3) is 0 Å². The third-order valence-corrected chi connectivity index (χ3v) is 2.87. The van der Waals surface area contributed by atoms with E-state index in [1.807, 2.05) is 0 Å². The quantitative estimate of drug-likeness (QED) is 0.766. The van der Waals surface area contributed by atoms with Crippen molar-refractivity contribution < 1.29 is 13.2 Å². The molecule has 0 saturated carbocycles. The van der Waals surface area contributed by atoms with Crippen LogP contribution >= 0.6 is 0 Å². The average molecular weight is 230 g/mol. The Morgan fingerprint density at radius 2 is 2.13 bits per heavy atom. The smallest absolute Gasteiger partial charge is 0.241 e. The van der Waals surface area contributed by atoms with Crippen molar-refractivity contribution in [2.24, 2.45) is 5.14 Å². The zero-order valence-electron chi connectivity index (χ0n) is 8.65. The van der Waals surface area contributed by atoms with Crippen LogP contribution in [0.15, 0.2) is 23.1 Å². The Kier molecular flexibility index (Phi) is 3.67. The molecule has 6 heteroatoms. The van der Waals surface area contributed by atoms with Crippen LogP contribution in [0.2, 0.25) is 0 Å². The summed E-state index contributed by atoms with van der Waals surface area (Å²) in [7, 11) is -0.507. The maximum Gasteiger partial charge on any atom is 0.241 e. The third kappa shape index (κ3) is 2.92. The maximum absolute atomic E-state index is 11.2. The van der Waals surface area contributed by atoms with E-state index in [1.165, 1.54) is 13.2 Å². The number of ether oxygens (including phenoxy) is 1. The van der Waals surface area contributed by atoms with Crippen molar-refractivity contribution >= 4 is 10.0 Å². The van der Waals surface area contributed by atoms with Crippen LogP contribution in [0.3, 0.4) is 0 Å². The summed E-state index contributed by atoms with van der Waals surface area (Å²) in [6.45, 7) is 0.640. The molecule has 0 aliphatic heterocycles. The lowest BCUT2D eigenvalue weighted by Crippen LogP contribution is -2.14. The Labute approximate surface area is 89.3 Å². The predicted octanol–water partition coefficient (Wildman–Crippen LogP) is 0.0620. The molecule has 0 bridgehead atoms. The highest BCUT2D eigenvalue weighted by atomic mass is 32.2. The first-order chi connectivity index (χ1) is 6.99. The molecule has 0 unspecified atom stereocenters. The number of rotatable bonds is 4. The second-order valence-electron chi connectivity index (χ2n) is 3.06. The highest BCUT2D eigenvalue weighted by Gasteiger charge is 2.14. The minimum atomic E-state index is -3.72. The Bertz CT molecular complexity index is 443. The van der Waals surface area contributed by atoms with Crippen molar-refractivity contribution in [3.05, 3.63) is 23.8 Å². The van der Waals surface area contributed by atoms with Crippen LogP contribution in [0.4, 0.5) is 0 Å². The number of nitrogens with two attached hydrogens (primary N) is 1. The molecule has 0 aromatic heterocycles. The van der Waals surface area contributed by atoms with Gasteiger partial charge in [0.1, 0.15) is 10.6 Å². The molecule has 1 rings (SSSR count). The van der Waals surface area contributed by atoms with Crippen LogP contribution in [0.1, 0.15) is 5.56 Å². The van der Waals surface area contributed by atoms with Gasteiger partial charge in [-0.15, -0.1) is 0 Å². The highest BCUT2D eigenvalue weighted by Crippen LogP contribution is 2.23. The van der Waals surface area contributed by atoms with Crippen molar-refractivity contribution in [3.63, 3.8) is 0 Å². The van der Waals surface area contributed by atoms with E-state index < -0.39 is 10.0 Å². The number of hydrogen-bond donors (Lipinski definition) is 2. The van der Waals surface area contributed by atoms with E-state index in [4.69, 9.17) is 9.88 Å². The number of sulfonamides is 1. The Morgan fingerprint density at radius 3 is 2.60 bits per heavy atom. The first kappa shape index (κ1) is 12.0. The van der Waals surface area contributed by atoms with Crippen LogP contribution in [-0.2, 0) is 16.6 Å². The SMILES string of the molecule is CNCc1ccc(S(N)(=O)=O)c(OC)c1. The molecule has 5 nitrogen and oxygen atoms in total. The number of nitrogens with one attached hydrogen (secondary N) is 1. The van der Waals surface area contributed by atoms with Gasteiger partial charge in [-0.3, -0.25) is 0 Å². The molecule has 0 atom stereocenters. The molecule has 0 spiro atoms. The summed E-state index contributed by atoms with van der Waals surface area (Å²) in [5.74, 6) is 0.269.